The largest absolute Gasteiger partial charge is 0.429 e. The topological polar surface area (TPSA) is 91.3 Å². The predicted octanol–water partition coefficient (Wildman–Crippen LogP) is 2.98. The van der Waals surface area contributed by atoms with Gasteiger partial charge in [-0.05, 0) is 31.0 Å². The van der Waals surface area contributed by atoms with Gasteiger partial charge in [-0.3, -0.25) is 10.1 Å². The molecule has 6 heteroatoms. The first-order chi connectivity index (χ1) is 9.00. The molecule has 0 unspecified atom stereocenters. The Balaban J connectivity index is 2.49. The van der Waals surface area contributed by atoms with E-state index >= 15 is 0 Å². The molecule has 0 saturated carbocycles. The first kappa shape index (κ1) is 12.8. The zero-order valence-corrected chi connectivity index (χ0v) is 10.6. The molecule has 1 heterocycles. The molecule has 98 valence electrons. The molecule has 0 bridgehead atoms. The van der Waals surface area contributed by atoms with E-state index in [0.717, 1.165) is 5.56 Å². The number of nitro groups is 1. The van der Waals surface area contributed by atoms with Crippen molar-refractivity contribution in [3.63, 3.8) is 0 Å². The smallest absolute Gasteiger partial charge is 0.311 e. The van der Waals surface area contributed by atoms with Crippen molar-refractivity contribution < 1.29 is 9.66 Å². The summed E-state index contributed by atoms with van der Waals surface area (Å²) in [6.45, 7) is 3.55. The summed E-state index contributed by atoms with van der Waals surface area (Å²) in [5, 5.41) is 11.0. The fraction of sp³-hybridized carbons (Fsp3) is 0.154. The Kier molecular flexibility index (Phi) is 3.33. The lowest BCUT2D eigenvalue weighted by molar-refractivity contribution is -0.385. The summed E-state index contributed by atoms with van der Waals surface area (Å²) < 4.78 is 5.54. The lowest BCUT2D eigenvalue weighted by atomic mass is 10.2. The lowest BCUT2D eigenvalue weighted by Gasteiger charge is -2.10. The molecule has 0 amide bonds. The van der Waals surface area contributed by atoms with Gasteiger partial charge < -0.3 is 10.5 Å². The Morgan fingerprint density at radius 1 is 1.26 bits per heavy atom. The molecule has 0 aliphatic rings. The zero-order chi connectivity index (χ0) is 14.0. The van der Waals surface area contributed by atoms with Crippen LogP contribution >= 0.6 is 0 Å². The van der Waals surface area contributed by atoms with Crippen LogP contribution in [0.1, 0.15) is 11.1 Å². The van der Waals surface area contributed by atoms with Crippen molar-refractivity contribution in [2.45, 2.75) is 13.8 Å². The Hall–Kier alpha value is -2.63. The van der Waals surface area contributed by atoms with Gasteiger partial charge in [0.15, 0.2) is 0 Å². The number of nitrogen functional groups attached to an aromatic ring is 1. The number of anilines is 1. The van der Waals surface area contributed by atoms with Gasteiger partial charge in [-0.1, -0.05) is 12.1 Å². The molecule has 0 saturated heterocycles. The number of hydrogen-bond acceptors (Lipinski definition) is 5. The average Bonchev–Trinajstić information content (AvgIpc) is 2.36. The van der Waals surface area contributed by atoms with E-state index in [0.29, 0.717) is 11.3 Å². The number of aryl methyl sites for hydroxylation is 2. The normalized spacial score (nSPS) is 10.2. The number of ether oxygens (including phenoxy) is 1. The number of pyridine rings is 1. The van der Waals surface area contributed by atoms with Crippen LogP contribution in [0.4, 0.5) is 11.4 Å². The summed E-state index contributed by atoms with van der Waals surface area (Å²) in [7, 11) is 0. The molecule has 6 nitrogen and oxygen atoms in total. The van der Waals surface area contributed by atoms with Crippen molar-refractivity contribution in [1.29, 1.82) is 0 Å². The molecule has 0 radical (unpaired) electrons. The standard InChI is InChI=1S/C13H13N3O3/c1-8-6-7-15-13(11(8)14)19-12-9(2)4-3-5-10(12)16(17)18/h3-7H,14H2,1-2H3. The number of hydrogen-bond donors (Lipinski definition) is 1. The lowest BCUT2D eigenvalue weighted by Crippen LogP contribution is -2.00. The summed E-state index contributed by atoms with van der Waals surface area (Å²) >= 11 is 0. The molecule has 0 aliphatic carbocycles. The summed E-state index contributed by atoms with van der Waals surface area (Å²) in [4.78, 5) is 14.5. The van der Waals surface area contributed by atoms with E-state index in [2.05, 4.69) is 4.98 Å². The van der Waals surface area contributed by atoms with Crippen molar-refractivity contribution in [1.82, 2.24) is 4.98 Å². The molecule has 2 rings (SSSR count). The van der Waals surface area contributed by atoms with Crippen molar-refractivity contribution in [2.75, 3.05) is 5.73 Å². The minimum atomic E-state index is -0.492. The second-order valence-corrected chi connectivity index (χ2v) is 4.13. The van der Waals surface area contributed by atoms with Crippen molar-refractivity contribution in [3.05, 3.63) is 51.7 Å². The van der Waals surface area contributed by atoms with Crippen LogP contribution in [-0.2, 0) is 0 Å². The number of nitrogens with two attached hydrogens (primary N) is 1. The van der Waals surface area contributed by atoms with Crippen LogP contribution in [-0.4, -0.2) is 9.91 Å². The van der Waals surface area contributed by atoms with E-state index in [1.807, 2.05) is 6.92 Å². The van der Waals surface area contributed by atoms with Crippen LogP contribution in [0.2, 0.25) is 0 Å². The molecule has 0 spiro atoms. The summed E-state index contributed by atoms with van der Waals surface area (Å²) in [5.74, 6) is 0.342. The quantitative estimate of drug-likeness (QED) is 0.675. The SMILES string of the molecule is Cc1ccnc(Oc2c(C)cccc2[N+](=O)[O-])c1N. The predicted molar refractivity (Wildman–Crippen MR) is 71.3 cm³/mol. The highest BCUT2D eigenvalue weighted by atomic mass is 16.6. The van der Waals surface area contributed by atoms with E-state index in [1.165, 1.54) is 6.07 Å². The number of benzene rings is 1. The molecule has 0 atom stereocenters. The first-order valence-corrected chi connectivity index (χ1v) is 5.63. The minimum absolute atomic E-state index is 0.109. The van der Waals surface area contributed by atoms with Gasteiger partial charge in [-0.25, -0.2) is 4.98 Å². The highest BCUT2D eigenvalue weighted by Crippen LogP contribution is 2.36. The first-order valence-electron chi connectivity index (χ1n) is 5.63. The molecule has 1 aromatic carbocycles. The van der Waals surface area contributed by atoms with Crippen molar-refractivity contribution in [3.8, 4) is 11.6 Å². The van der Waals surface area contributed by atoms with Crippen LogP contribution in [0, 0.1) is 24.0 Å². The number of para-hydroxylation sites is 1. The molecule has 0 fully saturated rings. The Morgan fingerprint density at radius 3 is 2.68 bits per heavy atom. The average molecular weight is 259 g/mol. The third-order valence-electron chi connectivity index (χ3n) is 2.76. The van der Waals surface area contributed by atoms with Gasteiger partial charge >= 0.3 is 5.69 Å². The monoisotopic (exact) mass is 259 g/mol. The Bertz CT molecular complexity index is 641. The minimum Gasteiger partial charge on any atom is -0.429 e. The van der Waals surface area contributed by atoms with Gasteiger partial charge in [-0.2, -0.15) is 0 Å². The third-order valence-corrected chi connectivity index (χ3v) is 2.76. The maximum Gasteiger partial charge on any atom is 0.311 e. The molecular weight excluding hydrogens is 246 g/mol. The molecule has 19 heavy (non-hydrogen) atoms. The second kappa shape index (κ2) is 4.93. The van der Waals surface area contributed by atoms with Crippen LogP contribution in [0.15, 0.2) is 30.5 Å². The second-order valence-electron chi connectivity index (χ2n) is 4.13. The van der Waals surface area contributed by atoms with Gasteiger partial charge in [-0.15, -0.1) is 0 Å². The van der Waals surface area contributed by atoms with E-state index in [4.69, 9.17) is 10.5 Å². The maximum atomic E-state index is 11.0. The van der Waals surface area contributed by atoms with Crippen LogP contribution in [0.25, 0.3) is 0 Å². The summed E-state index contributed by atoms with van der Waals surface area (Å²) in [6.07, 6.45) is 1.55. The highest BCUT2D eigenvalue weighted by Gasteiger charge is 2.19. The van der Waals surface area contributed by atoms with Crippen LogP contribution in [0.5, 0.6) is 11.6 Å². The zero-order valence-electron chi connectivity index (χ0n) is 10.6. The number of rotatable bonds is 3. The molecule has 2 N–H and O–H groups in total. The Labute approximate surface area is 110 Å². The van der Waals surface area contributed by atoms with Gasteiger partial charge in [0, 0.05) is 12.3 Å². The van der Waals surface area contributed by atoms with E-state index in [1.54, 1.807) is 31.3 Å². The molecular formula is C13H13N3O3. The van der Waals surface area contributed by atoms with E-state index in [-0.39, 0.29) is 17.3 Å². The molecule has 2 aromatic rings. The van der Waals surface area contributed by atoms with Crippen LogP contribution in [0.3, 0.4) is 0 Å². The van der Waals surface area contributed by atoms with E-state index < -0.39 is 4.92 Å². The third kappa shape index (κ3) is 2.47. The number of aromatic nitrogens is 1. The maximum absolute atomic E-state index is 11.0. The Morgan fingerprint density at radius 2 is 2.00 bits per heavy atom. The van der Waals surface area contributed by atoms with Gasteiger partial charge in [0.1, 0.15) is 0 Å². The highest BCUT2D eigenvalue weighted by molar-refractivity contribution is 5.58. The number of nitro benzene ring substituents is 1. The molecule has 1 aromatic heterocycles. The van der Waals surface area contributed by atoms with Gasteiger partial charge in [0.05, 0.1) is 10.6 Å². The number of nitrogens with zero attached hydrogens (tertiary/aromatic N) is 2. The van der Waals surface area contributed by atoms with Crippen LogP contribution < -0.4 is 10.5 Å². The molecule has 0 aliphatic heterocycles. The fourth-order valence-corrected chi connectivity index (χ4v) is 1.64. The van der Waals surface area contributed by atoms with Crippen molar-refractivity contribution in [2.24, 2.45) is 0 Å². The van der Waals surface area contributed by atoms with Crippen molar-refractivity contribution >= 4 is 11.4 Å². The van der Waals surface area contributed by atoms with Gasteiger partial charge in [0.2, 0.25) is 11.6 Å². The summed E-state index contributed by atoms with van der Waals surface area (Å²) in [5.41, 5.74) is 7.57. The van der Waals surface area contributed by atoms with E-state index in [9.17, 15) is 10.1 Å². The fourth-order valence-electron chi connectivity index (χ4n) is 1.64. The van der Waals surface area contributed by atoms with Gasteiger partial charge in [0.25, 0.3) is 0 Å². The summed E-state index contributed by atoms with van der Waals surface area (Å²) in [6, 6.07) is 6.46.